The Morgan fingerprint density at radius 3 is 2.07 bits per heavy atom. The van der Waals surface area contributed by atoms with Gasteiger partial charge in [0, 0.05) is 30.6 Å². The number of imidazole rings is 1. The second-order valence-electron chi connectivity index (χ2n) is 6.97. The minimum absolute atomic E-state index is 0.577. The van der Waals surface area contributed by atoms with Gasteiger partial charge in [-0.15, -0.1) is 22.7 Å². The van der Waals surface area contributed by atoms with Gasteiger partial charge >= 0.3 is 0 Å². The molecule has 4 rings (SSSR count). The number of oxazole rings is 1. The largest absolute Gasteiger partial charge is 0.444 e. The van der Waals surface area contributed by atoms with Crippen LogP contribution in [0.25, 0.3) is 22.5 Å². The summed E-state index contributed by atoms with van der Waals surface area (Å²) in [5.74, 6) is 1.59. The first-order chi connectivity index (χ1) is 12.8. The van der Waals surface area contributed by atoms with Crippen molar-refractivity contribution in [1.82, 2.24) is 14.5 Å². The van der Waals surface area contributed by atoms with Gasteiger partial charge in [0.2, 0.25) is 5.89 Å². The summed E-state index contributed by atoms with van der Waals surface area (Å²) in [6.45, 7) is 13.2. The maximum absolute atomic E-state index is 5.83. The Balaban J connectivity index is 1.89. The highest BCUT2D eigenvalue weighted by Crippen LogP contribution is 2.40. The first-order valence-corrected chi connectivity index (χ1v) is 10.6. The van der Waals surface area contributed by atoms with Gasteiger partial charge in [-0.05, 0) is 53.7 Å². The maximum Gasteiger partial charge on any atom is 0.214 e. The zero-order chi connectivity index (χ0) is 19.3. The van der Waals surface area contributed by atoms with Crippen molar-refractivity contribution in [3.05, 3.63) is 55.3 Å². The number of hydrogen-bond donors (Lipinski definition) is 0. The van der Waals surface area contributed by atoms with Crippen LogP contribution in [0.4, 0.5) is 0 Å². The molecular formula is C21H23N3OS2. The predicted octanol–water partition coefficient (Wildman–Crippen LogP) is 6.23. The topological polar surface area (TPSA) is 43.9 Å². The van der Waals surface area contributed by atoms with Crippen LogP contribution in [0.3, 0.4) is 0 Å². The molecule has 27 heavy (non-hydrogen) atoms. The van der Waals surface area contributed by atoms with E-state index in [0.717, 1.165) is 28.7 Å². The van der Waals surface area contributed by atoms with E-state index in [1.807, 2.05) is 42.8 Å². The Bertz CT molecular complexity index is 1110. The molecule has 140 valence electrons. The lowest BCUT2D eigenvalue weighted by Crippen LogP contribution is -2.01. The van der Waals surface area contributed by atoms with Crippen LogP contribution in [0.5, 0.6) is 0 Å². The minimum Gasteiger partial charge on any atom is -0.444 e. The molecule has 6 heteroatoms. The third-order valence-electron chi connectivity index (χ3n) is 4.81. The van der Waals surface area contributed by atoms with E-state index in [1.165, 1.54) is 30.6 Å². The van der Waals surface area contributed by atoms with Crippen molar-refractivity contribution in [1.29, 1.82) is 0 Å². The van der Waals surface area contributed by atoms with Crippen molar-refractivity contribution in [2.45, 2.75) is 48.1 Å². The molecule has 4 nitrogen and oxygen atoms in total. The van der Waals surface area contributed by atoms with Crippen molar-refractivity contribution < 1.29 is 4.42 Å². The standard InChI is InChI=1S/C21H23N3OS2/c1-11-7-17(15(5)26-11)20-21(18-8-12(2)27-16(18)6)24(10-22-20)9-19-23-13(3)14(4)25-19/h7-8,10H,9H2,1-6H3. The van der Waals surface area contributed by atoms with Crippen LogP contribution in [0.1, 0.15) is 36.9 Å². The van der Waals surface area contributed by atoms with Crippen LogP contribution >= 0.6 is 22.7 Å². The lowest BCUT2D eigenvalue weighted by atomic mass is 10.1. The normalized spacial score (nSPS) is 11.5. The molecule has 4 aromatic heterocycles. The van der Waals surface area contributed by atoms with E-state index in [1.54, 1.807) is 0 Å². The molecule has 0 radical (unpaired) electrons. The van der Waals surface area contributed by atoms with Crippen LogP contribution in [0.15, 0.2) is 22.9 Å². The SMILES string of the molecule is Cc1cc(-c2ncn(Cc3nc(C)c(C)o3)c2-c2cc(C)sc2C)c(C)s1. The molecule has 0 unspecified atom stereocenters. The molecule has 0 aliphatic heterocycles. The quantitative estimate of drug-likeness (QED) is 0.410. The lowest BCUT2D eigenvalue weighted by molar-refractivity contribution is 0.457. The molecule has 4 heterocycles. The Hall–Kier alpha value is -2.18. The number of thiophene rings is 2. The zero-order valence-electron chi connectivity index (χ0n) is 16.5. The smallest absolute Gasteiger partial charge is 0.214 e. The van der Waals surface area contributed by atoms with Crippen molar-refractivity contribution in [3.63, 3.8) is 0 Å². The average Bonchev–Trinajstić information content (AvgIpc) is 3.30. The predicted molar refractivity (Wildman–Crippen MR) is 113 cm³/mol. The van der Waals surface area contributed by atoms with Crippen LogP contribution in [-0.4, -0.2) is 14.5 Å². The van der Waals surface area contributed by atoms with Crippen molar-refractivity contribution in [3.8, 4) is 22.5 Å². The molecule has 0 fully saturated rings. The number of aryl methyl sites for hydroxylation is 6. The summed E-state index contributed by atoms with van der Waals surface area (Å²) >= 11 is 3.64. The molecule has 0 amide bonds. The maximum atomic E-state index is 5.83. The zero-order valence-corrected chi connectivity index (χ0v) is 18.1. The summed E-state index contributed by atoms with van der Waals surface area (Å²) < 4.78 is 8.00. The minimum atomic E-state index is 0.577. The van der Waals surface area contributed by atoms with E-state index in [0.29, 0.717) is 6.54 Å². The Morgan fingerprint density at radius 1 is 0.926 bits per heavy atom. The number of hydrogen-bond acceptors (Lipinski definition) is 5. The van der Waals surface area contributed by atoms with Crippen LogP contribution in [0.2, 0.25) is 0 Å². The Kier molecular flexibility index (Phi) is 4.56. The van der Waals surface area contributed by atoms with E-state index in [4.69, 9.17) is 9.40 Å². The van der Waals surface area contributed by atoms with E-state index >= 15 is 0 Å². The highest BCUT2D eigenvalue weighted by atomic mass is 32.1. The lowest BCUT2D eigenvalue weighted by Gasteiger charge is -2.09. The molecule has 0 saturated heterocycles. The number of rotatable bonds is 4. The first-order valence-electron chi connectivity index (χ1n) is 8.96. The fourth-order valence-corrected chi connectivity index (χ4v) is 5.32. The second kappa shape index (κ2) is 6.77. The summed E-state index contributed by atoms with van der Waals surface area (Å²) in [5, 5.41) is 0. The molecular weight excluding hydrogens is 374 g/mol. The Morgan fingerprint density at radius 2 is 1.56 bits per heavy atom. The molecule has 0 atom stereocenters. The molecule has 4 aromatic rings. The average molecular weight is 398 g/mol. The van der Waals surface area contributed by atoms with Gasteiger partial charge < -0.3 is 8.98 Å². The van der Waals surface area contributed by atoms with E-state index in [2.05, 4.69) is 49.4 Å². The summed E-state index contributed by atoms with van der Waals surface area (Å²) in [5.41, 5.74) is 5.59. The fraction of sp³-hybridized carbons (Fsp3) is 0.333. The summed E-state index contributed by atoms with van der Waals surface area (Å²) in [7, 11) is 0. The fourth-order valence-electron chi connectivity index (χ4n) is 3.47. The third kappa shape index (κ3) is 3.28. The molecule has 0 bridgehead atoms. The Labute approximate surface area is 167 Å². The summed E-state index contributed by atoms with van der Waals surface area (Å²) in [6.07, 6.45) is 1.92. The molecule has 0 N–H and O–H groups in total. The van der Waals surface area contributed by atoms with Crippen molar-refractivity contribution in [2.24, 2.45) is 0 Å². The van der Waals surface area contributed by atoms with Crippen molar-refractivity contribution in [2.75, 3.05) is 0 Å². The summed E-state index contributed by atoms with van der Waals surface area (Å²) in [6, 6.07) is 4.50. The van der Waals surface area contributed by atoms with Crippen molar-refractivity contribution >= 4 is 22.7 Å². The van der Waals surface area contributed by atoms with Gasteiger partial charge in [0.25, 0.3) is 0 Å². The molecule has 0 aromatic carbocycles. The highest BCUT2D eigenvalue weighted by molar-refractivity contribution is 7.12. The monoisotopic (exact) mass is 397 g/mol. The molecule has 0 aliphatic rings. The second-order valence-corrected chi connectivity index (χ2v) is 9.89. The van der Waals surface area contributed by atoms with Gasteiger partial charge in [0.1, 0.15) is 12.3 Å². The van der Waals surface area contributed by atoms with Gasteiger partial charge in [-0.1, -0.05) is 0 Å². The first kappa shape index (κ1) is 18.2. The van der Waals surface area contributed by atoms with Gasteiger partial charge in [0.15, 0.2) is 0 Å². The van der Waals surface area contributed by atoms with Crippen LogP contribution in [-0.2, 0) is 6.54 Å². The van der Waals surface area contributed by atoms with Gasteiger partial charge in [-0.25, -0.2) is 9.97 Å². The van der Waals surface area contributed by atoms with Crippen LogP contribution in [0, 0.1) is 41.5 Å². The van der Waals surface area contributed by atoms with E-state index in [-0.39, 0.29) is 0 Å². The molecule has 0 aliphatic carbocycles. The van der Waals surface area contributed by atoms with E-state index in [9.17, 15) is 0 Å². The number of aromatic nitrogens is 3. The molecule has 0 saturated carbocycles. The number of nitrogens with zero attached hydrogens (tertiary/aromatic N) is 3. The van der Waals surface area contributed by atoms with Gasteiger partial charge in [-0.3, -0.25) is 0 Å². The highest BCUT2D eigenvalue weighted by Gasteiger charge is 2.21. The third-order valence-corrected chi connectivity index (χ3v) is 6.74. The van der Waals surface area contributed by atoms with E-state index < -0.39 is 0 Å². The summed E-state index contributed by atoms with van der Waals surface area (Å²) in [4.78, 5) is 14.6. The van der Waals surface area contributed by atoms with Crippen LogP contribution < -0.4 is 0 Å². The van der Waals surface area contributed by atoms with Gasteiger partial charge in [0.05, 0.1) is 23.4 Å². The molecule has 0 spiro atoms. The van der Waals surface area contributed by atoms with Gasteiger partial charge in [-0.2, -0.15) is 0 Å².